The Balaban J connectivity index is 1.59. The van der Waals surface area contributed by atoms with E-state index >= 15 is 0 Å². The van der Waals surface area contributed by atoms with Crippen LogP contribution in [0.4, 0.5) is 0 Å². The molecule has 2 N–H and O–H groups in total. The van der Waals surface area contributed by atoms with Gasteiger partial charge in [-0.2, -0.15) is 5.26 Å². The van der Waals surface area contributed by atoms with Crippen LogP contribution in [-0.4, -0.2) is 29.8 Å². The molecule has 0 aliphatic heterocycles. The molecule has 0 heterocycles. The molecule has 2 atom stereocenters. The number of hydrogen-bond acceptors (Lipinski definition) is 4. The number of hydrogen-bond donors (Lipinski definition) is 2. The third kappa shape index (κ3) is 5.91. The zero-order chi connectivity index (χ0) is 16.5. The van der Waals surface area contributed by atoms with Crippen molar-refractivity contribution >= 4 is 5.91 Å². The molecule has 124 valence electrons. The maximum Gasteiger partial charge on any atom is 0.220 e. The van der Waals surface area contributed by atoms with Crippen LogP contribution in [-0.2, 0) is 4.79 Å². The molecule has 0 radical (unpaired) electrons. The summed E-state index contributed by atoms with van der Waals surface area (Å²) >= 11 is 0. The van der Waals surface area contributed by atoms with Crippen LogP contribution in [0, 0.1) is 11.3 Å². The van der Waals surface area contributed by atoms with Crippen molar-refractivity contribution in [3.8, 4) is 11.8 Å². The van der Waals surface area contributed by atoms with E-state index < -0.39 is 6.10 Å². The van der Waals surface area contributed by atoms with Gasteiger partial charge in [0.15, 0.2) is 0 Å². The highest BCUT2D eigenvalue weighted by Crippen LogP contribution is 2.18. The molecule has 0 bridgehead atoms. The minimum atomic E-state index is -0.400. The molecule has 5 nitrogen and oxygen atoms in total. The van der Waals surface area contributed by atoms with Gasteiger partial charge in [0.05, 0.1) is 30.4 Å². The van der Waals surface area contributed by atoms with Gasteiger partial charge in [-0.1, -0.05) is 18.9 Å². The molecule has 0 spiro atoms. The summed E-state index contributed by atoms with van der Waals surface area (Å²) in [5, 5.41) is 21.6. The Bertz CT molecular complexity index is 553. The molecule has 23 heavy (non-hydrogen) atoms. The zero-order valence-corrected chi connectivity index (χ0v) is 13.3. The second kappa shape index (κ2) is 9.16. The van der Waals surface area contributed by atoms with Crippen molar-refractivity contribution < 1.29 is 14.6 Å². The minimum absolute atomic E-state index is 0.00225. The van der Waals surface area contributed by atoms with Crippen LogP contribution in [0.1, 0.15) is 50.5 Å². The van der Waals surface area contributed by atoms with Crippen LogP contribution in [0.5, 0.6) is 5.75 Å². The molecule has 2 rings (SSSR count). The Morgan fingerprint density at radius 2 is 2.17 bits per heavy atom. The van der Waals surface area contributed by atoms with Crippen molar-refractivity contribution in [2.24, 2.45) is 0 Å². The number of ether oxygens (including phenoxy) is 1. The van der Waals surface area contributed by atoms with Crippen molar-refractivity contribution in [3.63, 3.8) is 0 Å². The van der Waals surface area contributed by atoms with Crippen molar-refractivity contribution in [3.05, 3.63) is 29.8 Å². The number of nitriles is 1. The number of rotatable bonds is 7. The lowest BCUT2D eigenvalue weighted by atomic mass is 9.92. The van der Waals surface area contributed by atoms with Crippen LogP contribution >= 0.6 is 0 Å². The van der Waals surface area contributed by atoms with E-state index in [1.54, 1.807) is 18.2 Å². The van der Waals surface area contributed by atoms with Gasteiger partial charge in [0, 0.05) is 6.42 Å². The molecule has 1 amide bonds. The van der Waals surface area contributed by atoms with Gasteiger partial charge in [-0.15, -0.1) is 0 Å². The Morgan fingerprint density at radius 3 is 2.96 bits per heavy atom. The minimum Gasteiger partial charge on any atom is -0.494 e. The van der Waals surface area contributed by atoms with Gasteiger partial charge in [0.25, 0.3) is 0 Å². The molecule has 1 aromatic carbocycles. The lowest BCUT2D eigenvalue weighted by Crippen LogP contribution is -2.45. The molecular weight excluding hydrogens is 292 g/mol. The number of amides is 1. The predicted molar refractivity (Wildman–Crippen MR) is 86.9 cm³/mol. The third-order valence-corrected chi connectivity index (χ3v) is 4.11. The number of benzene rings is 1. The number of nitrogens with one attached hydrogen (secondary N) is 1. The molecule has 1 saturated carbocycles. The highest BCUT2D eigenvalue weighted by Gasteiger charge is 2.23. The van der Waals surface area contributed by atoms with E-state index in [-0.39, 0.29) is 11.9 Å². The highest BCUT2D eigenvalue weighted by atomic mass is 16.5. The van der Waals surface area contributed by atoms with Gasteiger partial charge in [-0.05, 0) is 43.9 Å². The average Bonchev–Trinajstić information content (AvgIpc) is 2.57. The zero-order valence-electron chi connectivity index (χ0n) is 13.3. The Labute approximate surface area is 137 Å². The lowest BCUT2D eigenvalue weighted by Gasteiger charge is -2.28. The summed E-state index contributed by atoms with van der Waals surface area (Å²) in [6, 6.07) is 9.04. The SMILES string of the molecule is N#Cc1cccc(OCCCCC(=O)NC2CCCCC2O)c1. The van der Waals surface area contributed by atoms with E-state index in [1.165, 1.54) is 0 Å². The normalized spacial score (nSPS) is 20.5. The van der Waals surface area contributed by atoms with Gasteiger partial charge in [-0.25, -0.2) is 0 Å². The molecular formula is C18H24N2O3. The summed E-state index contributed by atoms with van der Waals surface area (Å²) in [7, 11) is 0. The monoisotopic (exact) mass is 316 g/mol. The van der Waals surface area contributed by atoms with E-state index in [9.17, 15) is 9.90 Å². The first-order chi connectivity index (χ1) is 11.2. The molecule has 2 unspecified atom stereocenters. The molecule has 1 aromatic rings. The van der Waals surface area contributed by atoms with E-state index in [1.807, 2.05) is 6.07 Å². The third-order valence-electron chi connectivity index (χ3n) is 4.11. The first-order valence-electron chi connectivity index (χ1n) is 8.29. The lowest BCUT2D eigenvalue weighted by molar-refractivity contribution is -0.123. The van der Waals surface area contributed by atoms with Crippen molar-refractivity contribution in [2.75, 3.05) is 6.61 Å². The first kappa shape index (κ1) is 17.3. The van der Waals surface area contributed by atoms with Crippen LogP contribution in [0.15, 0.2) is 24.3 Å². The Kier molecular flexibility index (Phi) is 6.89. The summed E-state index contributed by atoms with van der Waals surface area (Å²) in [6.07, 6.45) is 5.32. The van der Waals surface area contributed by atoms with Crippen molar-refractivity contribution in [1.82, 2.24) is 5.32 Å². The number of carbonyl (C=O) groups excluding carboxylic acids is 1. The topological polar surface area (TPSA) is 82.3 Å². The maximum absolute atomic E-state index is 11.9. The average molecular weight is 316 g/mol. The van der Waals surface area contributed by atoms with Gasteiger partial charge < -0.3 is 15.2 Å². The van der Waals surface area contributed by atoms with E-state index in [0.717, 1.165) is 38.5 Å². The van der Waals surface area contributed by atoms with Crippen molar-refractivity contribution in [2.45, 2.75) is 57.1 Å². The van der Waals surface area contributed by atoms with E-state index in [4.69, 9.17) is 10.00 Å². The predicted octanol–water partition coefficient (Wildman–Crippen LogP) is 2.53. The molecule has 5 heteroatoms. The van der Waals surface area contributed by atoms with Crippen LogP contribution < -0.4 is 10.1 Å². The van der Waals surface area contributed by atoms with Crippen LogP contribution in [0.25, 0.3) is 0 Å². The van der Waals surface area contributed by atoms with Crippen LogP contribution in [0.2, 0.25) is 0 Å². The smallest absolute Gasteiger partial charge is 0.220 e. The fraction of sp³-hybridized carbons (Fsp3) is 0.556. The number of unbranched alkanes of at least 4 members (excludes halogenated alkanes) is 1. The standard InChI is InChI=1S/C18H24N2O3/c19-13-14-6-5-7-15(12-14)23-11-4-3-10-18(22)20-16-8-1-2-9-17(16)21/h5-7,12,16-17,21H,1-4,8-11H2,(H,20,22). The summed E-state index contributed by atoms with van der Waals surface area (Å²) in [5.41, 5.74) is 0.577. The number of aliphatic hydroxyl groups is 1. The summed E-state index contributed by atoms with van der Waals surface area (Å²) in [6.45, 7) is 0.522. The molecule has 1 aliphatic carbocycles. The van der Waals surface area contributed by atoms with E-state index in [2.05, 4.69) is 11.4 Å². The van der Waals surface area contributed by atoms with Crippen molar-refractivity contribution in [1.29, 1.82) is 5.26 Å². The van der Waals surface area contributed by atoms with Gasteiger partial charge in [0.1, 0.15) is 5.75 Å². The quantitative estimate of drug-likeness (QED) is 0.757. The summed E-state index contributed by atoms with van der Waals surface area (Å²) in [5.74, 6) is 0.682. The number of nitrogens with zero attached hydrogens (tertiary/aromatic N) is 1. The van der Waals surface area contributed by atoms with Gasteiger partial charge >= 0.3 is 0 Å². The van der Waals surface area contributed by atoms with Gasteiger partial charge in [0.2, 0.25) is 5.91 Å². The second-order valence-corrected chi connectivity index (χ2v) is 5.97. The maximum atomic E-state index is 11.9. The Hall–Kier alpha value is -2.06. The van der Waals surface area contributed by atoms with Crippen LogP contribution in [0.3, 0.4) is 0 Å². The second-order valence-electron chi connectivity index (χ2n) is 5.97. The van der Waals surface area contributed by atoms with Gasteiger partial charge in [-0.3, -0.25) is 4.79 Å². The molecule has 0 aromatic heterocycles. The highest BCUT2D eigenvalue weighted by molar-refractivity contribution is 5.76. The molecule has 1 aliphatic rings. The van der Waals surface area contributed by atoms with E-state index in [0.29, 0.717) is 24.3 Å². The summed E-state index contributed by atoms with van der Waals surface area (Å²) in [4.78, 5) is 11.9. The molecule has 0 saturated heterocycles. The molecule has 1 fully saturated rings. The fourth-order valence-electron chi connectivity index (χ4n) is 2.79. The number of aliphatic hydroxyl groups excluding tert-OH is 1. The number of carbonyl (C=O) groups is 1. The first-order valence-corrected chi connectivity index (χ1v) is 8.29. The fourth-order valence-corrected chi connectivity index (χ4v) is 2.79. The summed E-state index contributed by atoms with van der Waals surface area (Å²) < 4.78 is 5.57. The Morgan fingerprint density at radius 1 is 1.35 bits per heavy atom. The largest absolute Gasteiger partial charge is 0.494 e.